The van der Waals surface area contributed by atoms with Gasteiger partial charge in [-0.3, -0.25) is 24.3 Å². The van der Waals surface area contributed by atoms with Gasteiger partial charge in [0.2, 0.25) is 0 Å². The summed E-state index contributed by atoms with van der Waals surface area (Å²) in [4.78, 5) is 44.2. The summed E-state index contributed by atoms with van der Waals surface area (Å²) in [5, 5.41) is 11.5. The zero-order valence-electron chi connectivity index (χ0n) is 21.1. The lowest BCUT2D eigenvalue weighted by Crippen LogP contribution is -2.29. The molecular weight excluding hydrogens is 472 g/mol. The average molecular weight is 501 g/mol. The molecule has 1 aliphatic heterocycles. The molecule has 8 heteroatoms. The summed E-state index contributed by atoms with van der Waals surface area (Å²) >= 11 is 0. The number of hydrogen-bond donors (Lipinski definition) is 1. The second-order valence-corrected chi connectivity index (χ2v) is 8.77. The number of ether oxygens (including phenoxy) is 2. The summed E-state index contributed by atoms with van der Waals surface area (Å²) in [6.07, 6.45) is 3.24. The van der Waals surface area contributed by atoms with Crippen LogP contribution in [0.25, 0.3) is 5.76 Å². The van der Waals surface area contributed by atoms with Gasteiger partial charge in [-0.15, -0.1) is 0 Å². The maximum atomic E-state index is 13.4. The molecule has 1 aliphatic rings. The highest BCUT2D eigenvalue weighted by Gasteiger charge is 2.47. The van der Waals surface area contributed by atoms with E-state index in [1.54, 1.807) is 61.8 Å². The van der Waals surface area contributed by atoms with Crippen molar-refractivity contribution in [3.63, 3.8) is 0 Å². The van der Waals surface area contributed by atoms with Gasteiger partial charge in [0.25, 0.3) is 11.7 Å². The summed E-state index contributed by atoms with van der Waals surface area (Å²) in [5.74, 6) is -1.85. The summed E-state index contributed by atoms with van der Waals surface area (Å²) in [6, 6.07) is 12.9. The summed E-state index contributed by atoms with van der Waals surface area (Å²) in [5.41, 5.74) is 3.63. The van der Waals surface area contributed by atoms with E-state index in [2.05, 4.69) is 4.98 Å². The Balaban J connectivity index is 1.86. The predicted molar refractivity (Wildman–Crippen MR) is 138 cm³/mol. The number of aryl methyl sites for hydroxylation is 2. The third-order valence-electron chi connectivity index (χ3n) is 6.19. The Hall–Kier alpha value is -4.46. The van der Waals surface area contributed by atoms with E-state index < -0.39 is 17.7 Å². The topological polar surface area (TPSA) is 106 Å². The first kappa shape index (κ1) is 25.6. The average Bonchev–Trinajstić information content (AvgIpc) is 3.14. The standard InChI is InChI=1S/C29H28N2O6/c1-5-37-23(32)15-19-8-10-21(11-9-19)31-25(20-7-6-12-30-16-20)24(27(34)29(31)35)26(33)22-14-17(2)13-18(3)28(22)36-4/h6-14,16,25,33H,5,15H2,1-4H3/b26-24+. The number of anilines is 1. The van der Waals surface area contributed by atoms with Gasteiger partial charge < -0.3 is 14.6 Å². The molecule has 1 saturated heterocycles. The molecule has 1 atom stereocenters. The highest BCUT2D eigenvalue weighted by molar-refractivity contribution is 6.51. The van der Waals surface area contributed by atoms with Gasteiger partial charge >= 0.3 is 5.97 Å². The fourth-order valence-corrected chi connectivity index (χ4v) is 4.65. The van der Waals surface area contributed by atoms with Crippen molar-refractivity contribution in [2.75, 3.05) is 18.6 Å². The van der Waals surface area contributed by atoms with Crippen molar-refractivity contribution in [3.05, 3.63) is 94.3 Å². The van der Waals surface area contributed by atoms with Crippen LogP contribution in [-0.4, -0.2) is 41.5 Å². The van der Waals surface area contributed by atoms with Crippen LogP contribution in [0.15, 0.2) is 66.5 Å². The van der Waals surface area contributed by atoms with Crippen LogP contribution in [0, 0.1) is 13.8 Å². The van der Waals surface area contributed by atoms with Crippen LogP contribution in [0.4, 0.5) is 5.69 Å². The smallest absolute Gasteiger partial charge is 0.310 e. The largest absolute Gasteiger partial charge is 0.507 e. The minimum Gasteiger partial charge on any atom is -0.507 e. The fraction of sp³-hybridized carbons (Fsp3) is 0.241. The zero-order valence-corrected chi connectivity index (χ0v) is 21.1. The lowest BCUT2D eigenvalue weighted by molar-refractivity contribution is -0.142. The number of aliphatic hydroxyl groups excluding tert-OH is 1. The van der Waals surface area contributed by atoms with Crippen LogP contribution in [0.3, 0.4) is 0 Å². The molecule has 2 aromatic carbocycles. The van der Waals surface area contributed by atoms with Gasteiger partial charge in [-0.05, 0) is 67.3 Å². The van der Waals surface area contributed by atoms with Crippen molar-refractivity contribution in [3.8, 4) is 5.75 Å². The third-order valence-corrected chi connectivity index (χ3v) is 6.19. The van der Waals surface area contributed by atoms with E-state index in [4.69, 9.17) is 9.47 Å². The number of hydrogen-bond acceptors (Lipinski definition) is 7. The van der Waals surface area contributed by atoms with E-state index in [0.29, 0.717) is 28.1 Å². The molecule has 1 fully saturated rings. The molecule has 8 nitrogen and oxygen atoms in total. The molecule has 2 heterocycles. The van der Waals surface area contributed by atoms with Gasteiger partial charge in [0.15, 0.2) is 0 Å². The van der Waals surface area contributed by atoms with Crippen molar-refractivity contribution in [1.82, 2.24) is 4.98 Å². The lowest BCUT2D eigenvalue weighted by atomic mass is 9.94. The number of esters is 1. The van der Waals surface area contributed by atoms with Crippen LogP contribution in [-0.2, 0) is 25.5 Å². The van der Waals surface area contributed by atoms with Gasteiger partial charge in [-0.25, -0.2) is 0 Å². The Morgan fingerprint density at radius 2 is 1.84 bits per heavy atom. The Kier molecular flexibility index (Phi) is 7.38. The number of Topliss-reactive ketones (excluding diaryl/α,β-unsaturated/α-hetero) is 1. The SMILES string of the molecule is CCOC(=O)Cc1ccc(N2C(=O)C(=O)/C(=C(/O)c3cc(C)cc(C)c3OC)C2c2cccnc2)cc1. The number of pyridine rings is 1. The molecule has 1 amide bonds. The number of ketones is 1. The first-order chi connectivity index (χ1) is 17.8. The number of carbonyl (C=O) groups excluding carboxylic acids is 3. The Labute approximate surface area is 215 Å². The van der Waals surface area contributed by atoms with E-state index in [-0.39, 0.29) is 30.3 Å². The van der Waals surface area contributed by atoms with Crippen LogP contribution in [0.1, 0.15) is 40.8 Å². The minimum absolute atomic E-state index is 0.0584. The van der Waals surface area contributed by atoms with E-state index in [1.165, 1.54) is 12.0 Å². The maximum absolute atomic E-state index is 13.4. The van der Waals surface area contributed by atoms with Gasteiger partial charge in [-0.1, -0.05) is 24.3 Å². The molecule has 1 unspecified atom stereocenters. The maximum Gasteiger partial charge on any atom is 0.310 e. The molecule has 1 N–H and O–H groups in total. The normalized spacial score (nSPS) is 16.6. The third kappa shape index (κ3) is 4.95. The van der Waals surface area contributed by atoms with Gasteiger partial charge in [0.05, 0.1) is 37.3 Å². The number of benzene rings is 2. The zero-order chi connectivity index (χ0) is 26.7. The highest BCUT2D eigenvalue weighted by atomic mass is 16.5. The Bertz CT molecular complexity index is 1380. The van der Waals surface area contributed by atoms with Crippen molar-refractivity contribution < 1.29 is 29.0 Å². The van der Waals surface area contributed by atoms with Crippen LogP contribution in [0.2, 0.25) is 0 Å². The van der Waals surface area contributed by atoms with E-state index in [9.17, 15) is 19.5 Å². The lowest BCUT2D eigenvalue weighted by Gasteiger charge is -2.25. The quantitative estimate of drug-likeness (QED) is 0.221. The molecule has 0 radical (unpaired) electrons. The summed E-state index contributed by atoms with van der Waals surface area (Å²) in [7, 11) is 1.49. The number of methoxy groups -OCH3 is 1. The molecule has 37 heavy (non-hydrogen) atoms. The molecule has 0 aliphatic carbocycles. The second-order valence-electron chi connectivity index (χ2n) is 8.77. The van der Waals surface area contributed by atoms with Crippen molar-refractivity contribution in [1.29, 1.82) is 0 Å². The van der Waals surface area contributed by atoms with Gasteiger partial charge in [-0.2, -0.15) is 0 Å². The first-order valence-electron chi connectivity index (χ1n) is 11.9. The molecule has 0 saturated carbocycles. The monoisotopic (exact) mass is 500 g/mol. The molecule has 0 spiro atoms. The molecular formula is C29H28N2O6. The Morgan fingerprint density at radius 3 is 2.46 bits per heavy atom. The molecule has 190 valence electrons. The van der Waals surface area contributed by atoms with Crippen molar-refractivity contribution in [2.45, 2.75) is 33.2 Å². The number of amides is 1. The summed E-state index contributed by atoms with van der Waals surface area (Å²) in [6.45, 7) is 5.75. The molecule has 4 rings (SSSR count). The van der Waals surface area contributed by atoms with Crippen LogP contribution >= 0.6 is 0 Å². The van der Waals surface area contributed by atoms with Gasteiger partial charge in [0.1, 0.15) is 11.5 Å². The van der Waals surface area contributed by atoms with E-state index in [1.807, 2.05) is 19.9 Å². The second kappa shape index (κ2) is 10.7. The number of aliphatic hydroxyl groups is 1. The minimum atomic E-state index is -0.921. The van der Waals surface area contributed by atoms with E-state index >= 15 is 0 Å². The summed E-state index contributed by atoms with van der Waals surface area (Å²) < 4.78 is 10.5. The molecule has 0 bridgehead atoms. The van der Waals surface area contributed by atoms with Crippen molar-refractivity contribution in [2.24, 2.45) is 0 Å². The molecule has 1 aromatic heterocycles. The fourth-order valence-electron chi connectivity index (χ4n) is 4.65. The number of rotatable bonds is 7. The van der Waals surface area contributed by atoms with E-state index in [0.717, 1.165) is 11.1 Å². The molecule has 3 aromatic rings. The van der Waals surface area contributed by atoms with Crippen LogP contribution in [0.5, 0.6) is 5.75 Å². The number of nitrogens with zero attached hydrogens (tertiary/aromatic N) is 2. The van der Waals surface area contributed by atoms with Crippen molar-refractivity contribution >= 4 is 29.1 Å². The first-order valence-corrected chi connectivity index (χ1v) is 11.9. The Morgan fingerprint density at radius 1 is 1.11 bits per heavy atom. The van der Waals surface area contributed by atoms with Gasteiger partial charge in [0, 0.05) is 18.1 Å². The number of carbonyl (C=O) groups is 3. The highest BCUT2D eigenvalue weighted by Crippen LogP contribution is 2.43. The van der Waals surface area contributed by atoms with Crippen LogP contribution < -0.4 is 9.64 Å². The predicted octanol–water partition coefficient (Wildman–Crippen LogP) is 4.44. The number of aromatic nitrogens is 1.